The molecule has 16 heavy (non-hydrogen) atoms. The number of nitrogens with zero attached hydrogens (tertiary/aromatic N) is 1. The fraction of sp³-hybridized carbons (Fsp3) is 0.818. The minimum atomic E-state index is -0.201. The lowest BCUT2D eigenvalue weighted by Crippen LogP contribution is -2.58. The Morgan fingerprint density at radius 3 is 2.38 bits per heavy atom. The normalized spacial score (nSPS) is 33.3. The van der Waals surface area contributed by atoms with Gasteiger partial charge >= 0.3 is 0 Å². The van der Waals surface area contributed by atoms with Gasteiger partial charge in [-0.3, -0.25) is 19.8 Å². The van der Waals surface area contributed by atoms with Crippen molar-refractivity contribution in [2.24, 2.45) is 5.73 Å². The molecule has 0 bridgehead atoms. The van der Waals surface area contributed by atoms with Crippen molar-refractivity contribution in [2.75, 3.05) is 13.1 Å². The van der Waals surface area contributed by atoms with E-state index >= 15 is 0 Å². The molecule has 5 heteroatoms. The number of piperazine rings is 1. The lowest BCUT2D eigenvalue weighted by Gasteiger charge is -2.35. The van der Waals surface area contributed by atoms with Crippen LogP contribution in [0.25, 0.3) is 0 Å². The average molecular weight is 225 g/mol. The van der Waals surface area contributed by atoms with Crippen LogP contribution in [0.15, 0.2) is 0 Å². The number of carbonyl (C=O) groups is 2. The molecule has 0 spiro atoms. The number of imide groups is 1. The van der Waals surface area contributed by atoms with Gasteiger partial charge in [0.15, 0.2) is 0 Å². The smallest absolute Gasteiger partial charge is 0.240 e. The number of nitrogens with two attached hydrogens (primary N) is 1. The zero-order valence-corrected chi connectivity index (χ0v) is 9.45. The van der Waals surface area contributed by atoms with Gasteiger partial charge in [0, 0.05) is 12.1 Å². The van der Waals surface area contributed by atoms with E-state index in [4.69, 9.17) is 5.73 Å². The molecule has 0 aromatic carbocycles. The number of hydrogen-bond acceptors (Lipinski definition) is 4. The molecule has 90 valence electrons. The molecule has 5 nitrogen and oxygen atoms in total. The maximum atomic E-state index is 11.3. The van der Waals surface area contributed by atoms with E-state index in [1.807, 2.05) is 4.90 Å². The fourth-order valence-electron chi connectivity index (χ4n) is 2.66. The molecule has 0 aromatic rings. The Balaban J connectivity index is 2.03. The van der Waals surface area contributed by atoms with E-state index < -0.39 is 0 Å². The van der Waals surface area contributed by atoms with Crippen LogP contribution in [0.3, 0.4) is 0 Å². The molecule has 1 aliphatic heterocycles. The van der Waals surface area contributed by atoms with Gasteiger partial charge in [-0.15, -0.1) is 0 Å². The van der Waals surface area contributed by atoms with Gasteiger partial charge in [0.05, 0.1) is 13.1 Å². The molecule has 0 radical (unpaired) electrons. The summed E-state index contributed by atoms with van der Waals surface area (Å²) in [5.41, 5.74) is 6.12. The van der Waals surface area contributed by atoms with Crippen LogP contribution in [0.5, 0.6) is 0 Å². The van der Waals surface area contributed by atoms with Crippen molar-refractivity contribution in [1.29, 1.82) is 0 Å². The lowest BCUT2D eigenvalue weighted by molar-refractivity contribution is -0.137. The van der Waals surface area contributed by atoms with E-state index in [-0.39, 0.29) is 23.9 Å². The van der Waals surface area contributed by atoms with Gasteiger partial charge in [-0.1, -0.05) is 19.3 Å². The third-order valence-corrected chi connectivity index (χ3v) is 3.47. The van der Waals surface area contributed by atoms with Gasteiger partial charge in [0.1, 0.15) is 0 Å². The Morgan fingerprint density at radius 1 is 1.06 bits per heavy atom. The largest absolute Gasteiger partial charge is 0.326 e. The van der Waals surface area contributed by atoms with Crippen LogP contribution in [0.1, 0.15) is 32.1 Å². The number of nitrogens with one attached hydrogen (secondary N) is 1. The first-order valence-corrected chi connectivity index (χ1v) is 5.99. The van der Waals surface area contributed by atoms with E-state index in [1.54, 1.807) is 0 Å². The summed E-state index contributed by atoms with van der Waals surface area (Å²) in [6.07, 6.45) is 5.51. The van der Waals surface area contributed by atoms with Crippen molar-refractivity contribution in [3.63, 3.8) is 0 Å². The predicted octanol–water partition coefficient (Wildman–Crippen LogP) is -0.395. The van der Waals surface area contributed by atoms with E-state index in [1.165, 1.54) is 6.42 Å². The molecular weight excluding hydrogens is 206 g/mol. The molecule has 2 amide bonds. The highest BCUT2D eigenvalue weighted by Gasteiger charge is 2.32. The Morgan fingerprint density at radius 2 is 1.69 bits per heavy atom. The molecule has 1 saturated carbocycles. The summed E-state index contributed by atoms with van der Waals surface area (Å²) >= 11 is 0. The van der Waals surface area contributed by atoms with E-state index in [2.05, 4.69) is 5.32 Å². The summed E-state index contributed by atoms with van der Waals surface area (Å²) in [6.45, 7) is 0.619. The second-order valence-corrected chi connectivity index (χ2v) is 4.75. The Kier molecular flexibility index (Phi) is 3.56. The first kappa shape index (κ1) is 11.5. The predicted molar refractivity (Wildman–Crippen MR) is 59.6 cm³/mol. The van der Waals surface area contributed by atoms with Crippen LogP contribution in [0.4, 0.5) is 0 Å². The van der Waals surface area contributed by atoms with E-state index in [9.17, 15) is 9.59 Å². The molecule has 2 fully saturated rings. The van der Waals surface area contributed by atoms with Crippen molar-refractivity contribution < 1.29 is 9.59 Å². The number of amides is 2. The van der Waals surface area contributed by atoms with Crippen LogP contribution >= 0.6 is 0 Å². The molecule has 1 saturated heterocycles. The van der Waals surface area contributed by atoms with E-state index in [0.717, 1.165) is 25.7 Å². The summed E-state index contributed by atoms with van der Waals surface area (Å²) in [6, 6.07) is 0.290. The highest BCUT2D eigenvalue weighted by Crippen LogP contribution is 2.21. The standard InChI is InChI=1S/C11H19N3O2/c12-8-4-2-1-3-5-9(8)14-6-10(15)13-11(16)7-14/h8-9H,1-7,12H2,(H,13,15,16). The number of carbonyl (C=O) groups excluding carboxylic acids is 2. The fourth-order valence-corrected chi connectivity index (χ4v) is 2.66. The molecule has 2 rings (SSSR count). The van der Waals surface area contributed by atoms with Gasteiger partial charge in [-0.2, -0.15) is 0 Å². The van der Waals surface area contributed by atoms with E-state index in [0.29, 0.717) is 13.1 Å². The highest BCUT2D eigenvalue weighted by atomic mass is 16.2. The summed E-state index contributed by atoms with van der Waals surface area (Å²) in [5.74, 6) is -0.402. The molecular formula is C11H19N3O2. The Hall–Kier alpha value is -0.940. The van der Waals surface area contributed by atoms with Crippen molar-refractivity contribution in [2.45, 2.75) is 44.2 Å². The molecule has 2 unspecified atom stereocenters. The zero-order valence-electron chi connectivity index (χ0n) is 9.45. The first-order valence-electron chi connectivity index (χ1n) is 5.99. The molecule has 2 atom stereocenters. The lowest BCUT2D eigenvalue weighted by atomic mass is 10.0. The minimum Gasteiger partial charge on any atom is -0.326 e. The number of rotatable bonds is 1. The molecule has 1 aliphatic carbocycles. The van der Waals surface area contributed by atoms with Gasteiger partial charge in [0.25, 0.3) is 0 Å². The quantitative estimate of drug-likeness (QED) is 0.470. The van der Waals surface area contributed by atoms with Crippen LogP contribution in [-0.4, -0.2) is 41.9 Å². The maximum Gasteiger partial charge on any atom is 0.240 e. The van der Waals surface area contributed by atoms with Crippen LogP contribution in [0, 0.1) is 0 Å². The van der Waals surface area contributed by atoms with Gasteiger partial charge in [-0.25, -0.2) is 0 Å². The molecule has 3 N–H and O–H groups in total. The van der Waals surface area contributed by atoms with Gasteiger partial charge < -0.3 is 5.73 Å². The summed E-state index contributed by atoms with van der Waals surface area (Å²) in [7, 11) is 0. The monoisotopic (exact) mass is 225 g/mol. The third kappa shape index (κ3) is 2.59. The van der Waals surface area contributed by atoms with Crippen LogP contribution in [0.2, 0.25) is 0 Å². The molecule has 2 aliphatic rings. The molecule has 1 heterocycles. The zero-order chi connectivity index (χ0) is 11.5. The van der Waals surface area contributed by atoms with Crippen molar-refractivity contribution in [3.05, 3.63) is 0 Å². The van der Waals surface area contributed by atoms with Crippen molar-refractivity contribution >= 4 is 11.8 Å². The summed E-state index contributed by atoms with van der Waals surface area (Å²) in [5, 5.41) is 2.32. The minimum absolute atomic E-state index is 0.0983. The first-order chi connectivity index (χ1) is 7.66. The Bertz CT molecular complexity index is 277. The maximum absolute atomic E-state index is 11.3. The Labute approximate surface area is 95.3 Å². The van der Waals surface area contributed by atoms with Crippen molar-refractivity contribution in [1.82, 2.24) is 10.2 Å². The summed E-state index contributed by atoms with van der Waals surface area (Å²) < 4.78 is 0. The average Bonchev–Trinajstić information content (AvgIpc) is 2.41. The molecule has 0 aromatic heterocycles. The second kappa shape index (κ2) is 4.93. The SMILES string of the molecule is NC1CCCCCC1N1CC(=O)NC(=O)C1. The van der Waals surface area contributed by atoms with Gasteiger partial charge in [-0.05, 0) is 12.8 Å². The second-order valence-electron chi connectivity index (χ2n) is 4.75. The topological polar surface area (TPSA) is 75.4 Å². The summed E-state index contributed by atoms with van der Waals surface area (Å²) in [4.78, 5) is 24.6. The third-order valence-electron chi connectivity index (χ3n) is 3.47. The van der Waals surface area contributed by atoms with Crippen LogP contribution in [-0.2, 0) is 9.59 Å². The number of hydrogen-bond donors (Lipinski definition) is 2. The van der Waals surface area contributed by atoms with Crippen LogP contribution < -0.4 is 11.1 Å². The highest BCUT2D eigenvalue weighted by molar-refractivity contribution is 5.99. The van der Waals surface area contributed by atoms with Gasteiger partial charge in [0.2, 0.25) is 11.8 Å². The van der Waals surface area contributed by atoms with Crippen molar-refractivity contribution in [3.8, 4) is 0 Å².